The molecule has 6 heteroatoms. The number of aliphatic carboxylic acids is 1. The second-order valence-electron chi connectivity index (χ2n) is 5.81. The predicted molar refractivity (Wildman–Crippen MR) is 79.2 cm³/mol. The predicted octanol–water partition coefficient (Wildman–Crippen LogP) is 1.99. The van der Waals surface area contributed by atoms with Crippen LogP contribution in [0.5, 0.6) is 5.75 Å². The fourth-order valence-electron chi connectivity index (χ4n) is 1.76. The fraction of sp³-hybridized carbons (Fsp3) is 0.467. The number of carbonyl (C=O) groups excluding carboxylic acids is 1. The molecule has 0 aliphatic rings. The van der Waals surface area contributed by atoms with Crippen LogP contribution in [0.3, 0.4) is 0 Å². The molecule has 0 saturated heterocycles. The lowest BCUT2D eigenvalue weighted by Crippen LogP contribution is -2.52. The molecule has 0 saturated carbocycles. The zero-order valence-electron chi connectivity index (χ0n) is 12.8. The molecular weight excluding hydrogens is 272 g/mol. The summed E-state index contributed by atoms with van der Waals surface area (Å²) in [6.45, 7) is 5.59. The van der Waals surface area contributed by atoms with Gasteiger partial charge in [-0.05, 0) is 23.1 Å². The largest absolute Gasteiger partial charge is 0.497 e. The molecular formula is C15H22N2O4. The molecule has 0 spiro atoms. The molecule has 0 radical (unpaired) electrons. The molecule has 1 aromatic carbocycles. The highest BCUT2D eigenvalue weighted by Gasteiger charge is 2.32. The number of carboxylic acids is 1. The van der Waals surface area contributed by atoms with Crippen molar-refractivity contribution in [2.45, 2.75) is 33.4 Å². The third-order valence-corrected chi connectivity index (χ3v) is 3.00. The van der Waals surface area contributed by atoms with Crippen LogP contribution in [-0.2, 0) is 11.3 Å². The normalized spacial score (nSPS) is 12.4. The first kappa shape index (κ1) is 16.8. The van der Waals surface area contributed by atoms with Gasteiger partial charge >= 0.3 is 12.0 Å². The Morgan fingerprint density at radius 3 is 2.24 bits per heavy atom. The van der Waals surface area contributed by atoms with Gasteiger partial charge in [0.05, 0.1) is 7.11 Å². The Bertz CT molecular complexity index is 491. The van der Waals surface area contributed by atoms with Gasteiger partial charge in [0.25, 0.3) is 0 Å². The number of benzene rings is 1. The van der Waals surface area contributed by atoms with E-state index in [-0.39, 0.29) is 0 Å². The molecule has 3 N–H and O–H groups in total. The van der Waals surface area contributed by atoms with Crippen molar-refractivity contribution in [2.75, 3.05) is 7.11 Å². The first-order chi connectivity index (χ1) is 9.74. The van der Waals surface area contributed by atoms with Crippen molar-refractivity contribution in [3.05, 3.63) is 29.8 Å². The average Bonchev–Trinajstić information content (AvgIpc) is 2.41. The quantitative estimate of drug-likeness (QED) is 0.775. The van der Waals surface area contributed by atoms with E-state index in [1.807, 2.05) is 12.1 Å². The molecule has 0 aliphatic carbocycles. The maximum atomic E-state index is 11.8. The lowest BCUT2D eigenvalue weighted by molar-refractivity contribution is -0.141. The molecule has 1 unspecified atom stereocenters. The number of carbonyl (C=O) groups is 2. The Morgan fingerprint density at radius 2 is 1.81 bits per heavy atom. The molecule has 21 heavy (non-hydrogen) atoms. The summed E-state index contributed by atoms with van der Waals surface area (Å²) in [6, 6.07) is 5.80. The summed E-state index contributed by atoms with van der Waals surface area (Å²) in [5.74, 6) is -0.316. The van der Waals surface area contributed by atoms with Crippen LogP contribution in [0.2, 0.25) is 0 Å². The fourth-order valence-corrected chi connectivity index (χ4v) is 1.76. The average molecular weight is 294 g/mol. The van der Waals surface area contributed by atoms with E-state index in [0.29, 0.717) is 6.54 Å². The summed E-state index contributed by atoms with van der Waals surface area (Å²) in [6.07, 6.45) is 0. The standard InChI is InChI=1S/C15H22N2O4/c1-15(2,3)12(13(18)19)17-14(20)16-9-10-5-7-11(21-4)8-6-10/h5-8,12H,9H2,1-4H3,(H,18,19)(H2,16,17,20). The van der Waals surface area contributed by atoms with Gasteiger partial charge in [0.2, 0.25) is 0 Å². The van der Waals surface area contributed by atoms with Gasteiger partial charge in [-0.15, -0.1) is 0 Å². The molecule has 116 valence electrons. The van der Waals surface area contributed by atoms with Crippen LogP contribution in [-0.4, -0.2) is 30.3 Å². The molecule has 0 fully saturated rings. The van der Waals surface area contributed by atoms with Crippen molar-refractivity contribution < 1.29 is 19.4 Å². The molecule has 1 rings (SSSR count). The van der Waals surface area contributed by atoms with E-state index >= 15 is 0 Å². The van der Waals surface area contributed by atoms with Crippen LogP contribution < -0.4 is 15.4 Å². The first-order valence-electron chi connectivity index (χ1n) is 6.64. The minimum atomic E-state index is -1.05. The maximum absolute atomic E-state index is 11.8. The zero-order chi connectivity index (χ0) is 16.0. The highest BCUT2D eigenvalue weighted by atomic mass is 16.5. The van der Waals surface area contributed by atoms with Crippen LogP contribution >= 0.6 is 0 Å². The Kier molecular flexibility index (Phi) is 5.58. The molecule has 6 nitrogen and oxygen atoms in total. The van der Waals surface area contributed by atoms with Crippen LogP contribution in [0.4, 0.5) is 4.79 Å². The van der Waals surface area contributed by atoms with Gasteiger partial charge in [-0.3, -0.25) is 0 Å². The SMILES string of the molecule is COc1ccc(CNC(=O)NC(C(=O)O)C(C)(C)C)cc1. The van der Waals surface area contributed by atoms with Crippen molar-refractivity contribution in [3.8, 4) is 5.75 Å². The van der Waals surface area contributed by atoms with Crippen molar-refractivity contribution >= 4 is 12.0 Å². The summed E-state index contributed by atoms with van der Waals surface area (Å²) in [4.78, 5) is 23.0. The maximum Gasteiger partial charge on any atom is 0.326 e. The topological polar surface area (TPSA) is 87.7 Å². The molecule has 1 aromatic rings. The Balaban J connectivity index is 2.54. The highest BCUT2D eigenvalue weighted by Crippen LogP contribution is 2.19. The van der Waals surface area contributed by atoms with Gasteiger partial charge in [-0.25, -0.2) is 9.59 Å². The van der Waals surface area contributed by atoms with E-state index in [1.165, 1.54) is 0 Å². The van der Waals surface area contributed by atoms with E-state index < -0.39 is 23.5 Å². The summed E-state index contributed by atoms with van der Waals surface area (Å²) < 4.78 is 5.05. The van der Waals surface area contributed by atoms with Crippen LogP contribution in [0.1, 0.15) is 26.3 Å². The molecule has 1 atom stereocenters. The van der Waals surface area contributed by atoms with Gasteiger partial charge in [0.1, 0.15) is 11.8 Å². The molecule has 0 aromatic heterocycles. The van der Waals surface area contributed by atoms with Crippen LogP contribution in [0.15, 0.2) is 24.3 Å². The summed E-state index contributed by atoms with van der Waals surface area (Å²) in [7, 11) is 1.58. The second-order valence-corrected chi connectivity index (χ2v) is 5.81. The van der Waals surface area contributed by atoms with Crippen molar-refractivity contribution in [1.29, 1.82) is 0 Å². The number of carboxylic acid groups (broad SMARTS) is 1. The number of hydrogen-bond donors (Lipinski definition) is 3. The summed E-state index contributed by atoms with van der Waals surface area (Å²) in [5, 5.41) is 14.3. The highest BCUT2D eigenvalue weighted by molar-refractivity contribution is 5.83. The lowest BCUT2D eigenvalue weighted by Gasteiger charge is -2.27. The first-order valence-corrected chi connectivity index (χ1v) is 6.64. The lowest BCUT2D eigenvalue weighted by atomic mass is 9.87. The monoisotopic (exact) mass is 294 g/mol. The van der Waals surface area contributed by atoms with Gasteiger partial charge in [0, 0.05) is 6.54 Å². The Labute approximate surface area is 124 Å². The van der Waals surface area contributed by atoms with Crippen molar-refractivity contribution in [3.63, 3.8) is 0 Å². The van der Waals surface area contributed by atoms with Crippen molar-refractivity contribution in [2.24, 2.45) is 5.41 Å². The van der Waals surface area contributed by atoms with Gasteiger partial charge in [-0.2, -0.15) is 0 Å². The van der Waals surface area contributed by atoms with E-state index in [2.05, 4.69) is 10.6 Å². The summed E-state index contributed by atoms with van der Waals surface area (Å²) in [5.41, 5.74) is 0.331. The van der Waals surface area contributed by atoms with E-state index in [0.717, 1.165) is 11.3 Å². The van der Waals surface area contributed by atoms with E-state index in [9.17, 15) is 9.59 Å². The number of rotatable bonds is 5. The second kappa shape index (κ2) is 6.97. The smallest absolute Gasteiger partial charge is 0.326 e. The van der Waals surface area contributed by atoms with E-state index in [4.69, 9.17) is 9.84 Å². The third kappa shape index (κ3) is 5.33. The van der Waals surface area contributed by atoms with Gasteiger partial charge in [0.15, 0.2) is 0 Å². The Morgan fingerprint density at radius 1 is 1.24 bits per heavy atom. The Hall–Kier alpha value is -2.24. The molecule has 0 aliphatic heterocycles. The number of methoxy groups -OCH3 is 1. The third-order valence-electron chi connectivity index (χ3n) is 3.00. The van der Waals surface area contributed by atoms with Gasteiger partial charge in [-0.1, -0.05) is 32.9 Å². The number of hydrogen-bond acceptors (Lipinski definition) is 3. The molecule has 0 bridgehead atoms. The minimum absolute atomic E-state index is 0.312. The summed E-state index contributed by atoms with van der Waals surface area (Å²) >= 11 is 0. The zero-order valence-corrected chi connectivity index (χ0v) is 12.8. The number of nitrogens with one attached hydrogen (secondary N) is 2. The minimum Gasteiger partial charge on any atom is -0.497 e. The number of urea groups is 1. The van der Waals surface area contributed by atoms with Crippen LogP contribution in [0.25, 0.3) is 0 Å². The number of ether oxygens (including phenoxy) is 1. The number of amides is 2. The van der Waals surface area contributed by atoms with Gasteiger partial charge < -0.3 is 20.5 Å². The van der Waals surface area contributed by atoms with Crippen molar-refractivity contribution in [1.82, 2.24) is 10.6 Å². The van der Waals surface area contributed by atoms with Crippen LogP contribution in [0, 0.1) is 5.41 Å². The van der Waals surface area contributed by atoms with E-state index in [1.54, 1.807) is 40.0 Å². The molecule has 2 amide bonds. The molecule has 0 heterocycles.